The number of aryl methyl sites for hydroxylation is 1. The molecular weight excluding hydrogens is 423 g/mol. The number of hydrogen-bond donors (Lipinski definition) is 2. The van der Waals surface area contributed by atoms with Crippen molar-refractivity contribution in [2.75, 3.05) is 44.7 Å². The Bertz CT molecular complexity index is 1120. The molecule has 0 aliphatic carbocycles. The molecule has 2 aromatic rings. The number of aromatic amines is 1. The van der Waals surface area contributed by atoms with E-state index in [0.29, 0.717) is 34.1 Å². The Hall–Kier alpha value is -2.97. The third-order valence-corrected chi connectivity index (χ3v) is 7.06. The summed E-state index contributed by atoms with van der Waals surface area (Å²) in [6, 6.07) is 4.75. The lowest BCUT2D eigenvalue weighted by molar-refractivity contribution is -0.110. The van der Waals surface area contributed by atoms with Gasteiger partial charge in [-0.05, 0) is 56.5 Å². The highest BCUT2D eigenvalue weighted by atomic mass is 19.1. The molecule has 0 radical (unpaired) electrons. The van der Waals surface area contributed by atoms with Crippen LogP contribution in [-0.4, -0.2) is 72.0 Å². The number of likely N-dealkylation sites (tertiary alicyclic amines) is 1. The highest BCUT2D eigenvalue weighted by Gasteiger charge is 2.31. The molecule has 0 bridgehead atoms. The number of benzene rings is 1. The largest absolute Gasteiger partial charge is 0.379 e. The topological polar surface area (TPSA) is 77.7 Å². The van der Waals surface area contributed by atoms with Crippen molar-refractivity contribution in [3.63, 3.8) is 0 Å². The number of fused-ring (bicyclic) bond motifs is 1. The molecule has 3 aliphatic heterocycles. The second-order valence-electron chi connectivity index (χ2n) is 9.04. The van der Waals surface area contributed by atoms with E-state index in [1.54, 1.807) is 12.1 Å². The van der Waals surface area contributed by atoms with Gasteiger partial charge in [-0.15, -0.1) is 0 Å². The van der Waals surface area contributed by atoms with E-state index in [0.717, 1.165) is 63.5 Å². The maximum Gasteiger partial charge on any atom is 0.256 e. The van der Waals surface area contributed by atoms with Crippen LogP contribution in [0.15, 0.2) is 18.2 Å². The quantitative estimate of drug-likeness (QED) is 0.702. The van der Waals surface area contributed by atoms with Crippen LogP contribution in [0.3, 0.4) is 0 Å². The maximum atomic E-state index is 13.8. The van der Waals surface area contributed by atoms with Crippen LogP contribution in [0.25, 0.3) is 11.6 Å². The number of piperidine rings is 1. The van der Waals surface area contributed by atoms with Gasteiger partial charge < -0.3 is 19.9 Å². The summed E-state index contributed by atoms with van der Waals surface area (Å²) in [6.45, 7) is 8.74. The Labute approximate surface area is 192 Å². The summed E-state index contributed by atoms with van der Waals surface area (Å²) in [4.78, 5) is 33.6. The summed E-state index contributed by atoms with van der Waals surface area (Å²) >= 11 is 0. The zero-order chi connectivity index (χ0) is 23.1. The second kappa shape index (κ2) is 8.76. The Balaban J connectivity index is 1.35. The van der Waals surface area contributed by atoms with Crippen LogP contribution in [0.2, 0.25) is 0 Å². The Morgan fingerprint density at radius 2 is 1.88 bits per heavy atom. The van der Waals surface area contributed by atoms with E-state index in [-0.39, 0.29) is 11.8 Å². The molecule has 4 heterocycles. The number of H-pyrrole nitrogens is 1. The van der Waals surface area contributed by atoms with E-state index in [1.807, 2.05) is 18.7 Å². The first-order valence-corrected chi connectivity index (χ1v) is 11.6. The number of ether oxygens (including phenoxy) is 1. The monoisotopic (exact) mass is 452 g/mol. The number of rotatable bonds is 3. The molecule has 8 heteroatoms. The lowest BCUT2D eigenvalue weighted by atomic mass is 10.00. The van der Waals surface area contributed by atoms with E-state index in [9.17, 15) is 14.0 Å². The number of nitrogens with zero attached hydrogens (tertiary/aromatic N) is 2. The molecule has 5 rings (SSSR count). The van der Waals surface area contributed by atoms with Gasteiger partial charge in [0.05, 0.1) is 24.4 Å². The second-order valence-corrected chi connectivity index (χ2v) is 9.04. The Kier molecular flexibility index (Phi) is 5.80. The number of nitrogens with one attached hydrogen (secondary N) is 2. The number of aromatic nitrogens is 1. The van der Waals surface area contributed by atoms with Crippen LogP contribution in [-0.2, 0) is 9.53 Å². The zero-order valence-electron chi connectivity index (χ0n) is 19.0. The smallest absolute Gasteiger partial charge is 0.256 e. The van der Waals surface area contributed by atoms with Crippen LogP contribution in [0.1, 0.15) is 45.7 Å². The maximum absolute atomic E-state index is 13.8. The lowest BCUT2D eigenvalue weighted by Crippen LogP contribution is -2.50. The number of amides is 2. The van der Waals surface area contributed by atoms with Gasteiger partial charge in [0.2, 0.25) is 0 Å². The lowest BCUT2D eigenvalue weighted by Gasteiger charge is -2.40. The molecule has 2 N–H and O–H groups in total. The van der Waals surface area contributed by atoms with Crippen LogP contribution < -0.4 is 5.32 Å². The molecule has 0 unspecified atom stereocenters. The van der Waals surface area contributed by atoms with Crippen LogP contribution in [0.4, 0.5) is 10.1 Å². The van der Waals surface area contributed by atoms with Crippen molar-refractivity contribution in [3.05, 3.63) is 52.1 Å². The van der Waals surface area contributed by atoms with Crippen LogP contribution >= 0.6 is 0 Å². The Morgan fingerprint density at radius 3 is 2.61 bits per heavy atom. The minimum absolute atomic E-state index is 0.0219. The van der Waals surface area contributed by atoms with Gasteiger partial charge in [0, 0.05) is 54.9 Å². The molecule has 2 fully saturated rings. The van der Waals surface area contributed by atoms with E-state index in [2.05, 4.69) is 15.2 Å². The molecule has 0 atom stereocenters. The third-order valence-electron chi connectivity index (χ3n) is 7.06. The molecule has 7 nitrogen and oxygen atoms in total. The SMILES string of the molecule is Cc1[nH]c(C=C2C(=O)Nc3ccc(F)cc32)c(C)c1C(=O)N1CCC(N2CCOCC2)CC1. The van der Waals surface area contributed by atoms with Gasteiger partial charge in [-0.25, -0.2) is 4.39 Å². The van der Waals surface area contributed by atoms with Crippen LogP contribution in [0, 0.1) is 19.7 Å². The zero-order valence-corrected chi connectivity index (χ0v) is 19.0. The molecule has 0 saturated carbocycles. The average molecular weight is 453 g/mol. The fourth-order valence-corrected chi connectivity index (χ4v) is 5.22. The van der Waals surface area contributed by atoms with Gasteiger partial charge >= 0.3 is 0 Å². The first-order chi connectivity index (χ1) is 15.9. The summed E-state index contributed by atoms with van der Waals surface area (Å²) in [6.07, 6.45) is 3.64. The predicted molar refractivity (Wildman–Crippen MR) is 124 cm³/mol. The molecule has 1 aromatic carbocycles. The van der Waals surface area contributed by atoms with Crippen molar-refractivity contribution < 1.29 is 18.7 Å². The number of morpholine rings is 1. The van der Waals surface area contributed by atoms with Crippen molar-refractivity contribution in [3.8, 4) is 0 Å². The van der Waals surface area contributed by atoms with Gasteiger partial charge in [0.15, 0.2) is 0 Å². The van der Waals surface area contributed by atoms with Gasteiger partial charge in [-0.2, -0.15) is 0 Å². The highest BCUT2D eigenvalue weighted by molar-refractivity contribution is 6.34. The predicted octanol–water partition coefficient (Wildman–Crippen LogP) is 3.20. The van der Waals surface area contributed by atoms with E-state index < -0.39 is 5.82 Å². The van der Waals surface area contributed by atoms with Crippen molar-refractivity contribution >= 4 is 29.2 Å². The molecule has 2 amide bonds. The molecule has 33 heavy (non-hydrogen) atoms. The van der Waals surface area contributed by atoms with Crippen molar-refractivity contribution in [2.45, 2.75) is 32.7 Å². The molecule has 1 aromatic heterocycles. The minimum atomic E-state index is -0.396. The summed E-state index contributed by atoms with van der Waals surface area (Å²) in [5.74, 6) is -0.652. The van der Waals surface area contributed by atoms with Gasteiger partial charge in [0.1, 0.15) is 5.82 Å². The van der Waals surface area contributed by atoms with Gasteiger partial charge in [0.25, 0.3) is 11.8 Å². The van der Waals surface area contributed by atoms with E-state index in [4.69, 9.17) is 4.74 Å². The van der Waals surface area contributed by atoms with Crippen molar-refractivity contribution in [1.29, 1.82) is 0 Å². The van der Waals surface area contributed by atoms with Gasteiger partial charge in [-0.3, -0.25) is 14.5 Å². The van der Waals surface area contributed by atoms with Gasteiger partial charge in [-0.1, -0.05) is 0 Å². The Morgan fingerprint density at radius 1 is 1.15 bits per heavy atom. The standard InChI is InChI=1S/C25H29FN4O3/c1-15-22(14-20-19-13-17(26)3-4-21(19)28-24(20)31)27-16(2)23(15)25(32)30-7-5-18(6-8-30)29-9-11-33-12-10-29/h3-4,13-14,18,27H,5-12H2,1-2H3,(H,28,31). The van der Waals surface area contributed by atoms with E-state index >= 15 is 0 Å². The molecule has 0 spiro atoms. The minimum Gasteiger partial charge on any atom is -0.379 e. The number of halogens is 1. The third kappa shape index (κ3) is 4.09. The molecule has 174 valence electrons. The number of carbonyl (C=O) groups excluding carboxylic acids is 2. The number of carbonyl (C=O) groups is 2. The van der Waals surface area contributed by atoms with Crippen molar-refractivity contribution in [1.82, 2.24) is 14.8 Å². The summed E-state index contributed by atoms with van der Waals surface area (Å²) in [5, 5.41) is 2.77. The fourth-order valence-electron chi connectivity index (χ4n) is 5.22. The molecule has 3 aliphatic rings. The van der Waals surface area contributed by atoms with E-state index in [1.165, 1.54) is 12.1 Å². The number of anilines is 1. The summed E-state index contributed by atoms with van der Waals surface area (Å²) in [5.41, 5.74) is 4.44. The first-order valence-electron chi connectivity index (χ1n) is 11.6. The normalized spacial score (nSPS) is 20.9. The first kappa shape index (κ1) is 21.9. The summed E-state index contributed by atoms with van der Waals surface area (Å²) in [7, 11) is 0. The molecule has 2 saturated heterocycles. The number of hydrogen-bond acceptors (Lipinski definition) is 4. The highest BCUT2D eigenvalue weighted by Crippen LogP contribution is 2.34. The fraction of sp³-hybridized carbons (Fsp3) is 0.440. The van der Waals surface area contributed by atoms with Crippen molar-refractivity contribution in [2.24, 2.45) is 0 Å². The average Bonchev–Trinajstić information content (AvgIpc) is 3.28. The van der Waals surface area contributed by atoms with Crippen LogP contribution in [0.5, 0.6) is 0 Å². The summed E-state index contributed by atoms with van der Waals surface area (Å²) < 4.78 is 19.2. The molecular formula is C25H29FN4O3.